The summed E-state index contributed by atoms with van der Waals surface area (Å²) >= 11 is 0. The third kappa shape index (κ3) is 5.91. The molecule has 1 saturated heterocycles. The Bertz CT molecular complexity index is 699. The monoisotopic (exact) mass is 372 g/mol. The summed E-state index contributed by atoms with van der Waals surface area (Å²) in [6.07, 6.45) is 4.38. The Morgan fingerprint density at radius 1 is 1.22 bits per heavy atom. The van der Waals surface area contributed by atoms with Crippen LogP contribution in [0, 0.1) is 11.8 Å². The second-order valence-electron chi connectivity index (χ2n) is 7.93. The molecule has 2 unspecified atom stereocenters. The minimum absolute atomic E-state index is 0.0382. The lowest BCUT2D eigenvalue weighted by Gasteiger charge is -2.35. The highest BCUT2D eigenvalue weighted by atomic mass is 16.1. The number of rotatable bonds is 9. The quantitative estimate of drug-likeness (QED) is 0.673. The molecule has 5 nitrogen and oxygen atoms in total. The normalized spacial score (nSPS) is 18.2. The van der Waals surface area contributed by atoms with Crippen LogP contribution in [0.5, 0.6) is 0 Å². The molecular formula is C22H32N2O3. The molecule has 0 aliphatic carbocycles. The van der Waals surface area contributed by atoms with Crippen LogP contribution in [-0.2, 0) is 16.0 Å². The summed E-state index contributed by atoms with van der Waals surface area (Å²) in [5, 5.41) is 0. The van der Waals surface area contributed by atoms with E-state index in [1.165, 1.54) is 13.3 Å². The first kappa shape index (κ1) is 21.1. The summed E-state index contributed by atoms with van der Waals surface area (Å²) < 4.78 is 0. The molecule has 0 saturated carbocycles. The predicted octanol–water partition coefficient (Wildman–Crippen LogP) is 3.53. The van der Waals surface area contributed by atoms with Gasteiger partial charge < -0.3 is 15.4 Å². The molecule has 0 spiro atoms. The maximum atomic E-state index is 12.2. The Hall–Kier alpha value is -2.17. The molecule has 1 aliphatic heterocycles. The van der Waals surface area contributed by atoms with Crippen LogP contribution < -0.4 is 10.6 Å². The molecule has 1 aromatic rings. The number of hydrogen-bond acceptors (Lipinski definition) is 4. The van der Waals surface area contributed by atoms with Gasteiger partial charge >= 0.3 is 0 Å². The zero-order valence-electron chi connectivity index (χ0n) is 16.8. The average molecular weight is 373 g/mol. The number of piperidine rings is 1. The highest BCUT2D eigenvalue weighted by Gasteiger charge is 2.23. The van der Waals surface area contributed by atoms with E-state index >= 15 is 0 Å². The van der Waals surface area contributed by atoms with E-state index in [4.69, 9.17) is 5.73 Å². The second kappa shape index (κ2) is 9.67. The van der Waals surface area contributed by atoms with Gasteiger partial charge in [-0.2, -0.15) is 0 Å². The summed E-state index contributed by atoms with van der Waals surface area (Å²) in [4.78, 5) is 37.7. The predicted molar refractivity (Wildman–Crippen MR) is 108 cm³/mol. The minimum Gasteiger partial charge on any atom is -0.371 e. The summed E-state index contributed by atoms with van der Waals surface area (Å²) in [5.74, 6) is 0.0120. The molecule has 1 amide bonds. The molecule has 0 bridgehead atoms. The fourth-order valence-electron chi connectivity index (χ4n) is 4.00. The number of hydrogen-bond donors (Lipinski definition) is 1. The highest BCUT2D eigenvalue weighted by molar-refractivity contribution is 5.97. The second-order valence-corrected chi connectivity index (χ2v) is 7.93. The molecule has 0 aromatic heterocycles. The molecule has 148 valence electrons. The highest BCUT2D eigenvalue weighted by Crippen LogP contribution is 2.31. The molecule has 2 atom stereocenters. The van der Waals surface area contributed by atoms with Crippen molar-refractivity contribution in [1.29, 1.82) is 0 Å². The Kier molecular flexibility index (Phi) is 7.57. The number of carbonyl (C=O) groups is 3. The maximum absolute atomic E-state index is 12.2. The van der Waals surface area contributed by atoms with Crippen molar-refractivity contribution in [1.82, 2.24) is 0 Å². The summed E-state index contributed by atoms with van der Waals surface area (Å²) in [6.45, 7) is 7.34. The number of Topliss-reactive ketones (excluding diaryl/α,β-unsaturated/α-hetero) is 2. The molecule has 1 heterocycles. The van der Waals surface area contributed by atoms with E-state index in [9.17, 15) is 14.4 Å². The molecule has 5 heteroatoms. The Morgan fingerprint density at radius 2 is 1.96 bits per heavy atom. The molecule has 1 aliphatic rings. The van der Waals surface area contributed by atoms with Gasteiger partial charge in [0.2, 0.25) is 5.91 Å². The lowest BCUT2D eigenvalue weighted by Crippen LogP contribution is -2.35. The van der Waals surface area contributed by atoms with Crippen molar-refractivity contribution in [2.75, 3.05) is 18.0 Å². The van der Waals surface area contributed by atoms with Crippen LogP contribution in [0.2, 0.25) is 0 Å². The van der Waals surface area contributed by atoms with Crippen LogP contribution in [0.3, 0.4) is 0 Å². The van der Waals surface area contributed by atoms with Gasteiger partial charge in [0.15, 0.2) is 5.78 Å². The third-order valence-electron chi connectivity index (χ3n) is 5.52. The van der Waals surface area contributed by atoms with E-state index in [0.29, 0.717) is 31.6 Å². The van der Waals surface area contributed by atoms with Gasteiger partial charge in [0, 0.05) is 36.7 Å². The zero-order chi connectivity index (χ0) is 20.0. The number of amides is 1. The third-order valence-corrected chi connectivity index (χ3v) is 5.52. The maximum Gasteiger partial charge on any atom is 0.220 e. The summed E-state index contributed by atoms with van der Waals surface area (Å²) in [6, 6.07) is 5.88. The van der Waals surface area contributed by atoms with E-state index in [1.807, 2.05) is 12.1 Å². The van der Waals surface area contributed by atoms with Gasteiger partial charge in [0.05, 0.1) is 0 Å². The molecule has 27 heavy (non-hydrogen) atoms. The van der Waals surface area contributed by atoms with Crippen LogP contribution >= 0.6 is 0 Å². The SMILES string of the molecule is CC(=O)CCC(CCc1c(C(C)=O)cccc1N1CCCC(C)C1)C(N)=O. The van der Waals surface area contributed by atoms with Gasteiger partial charge in [-0.05, 0) is 63.5 Å². The van der Waals surface area contributed by atoms with Crippen molar-refractivity contribution >= 4 is 23.2 Å². The fourth-order valence-corrected chi connectivity index (χ4v) is 4.00. The molecule has 1 fully saturated rings. The largest absolute Gasteiger partial charge is 0.371 e. The number of nitrogens with two attached hydrogens (primary N) is 1. The van der Waals surface area contributed by atoms with Crippen molar-refractivity contribution in [3.8, 4) is 0 Å². The van der Waals surface area contributed by atoms with Gasteiger partial charge in [0.1, 0.15) is 5.78 Å². The first-order valence-electron chi connectivity index (χ1n) is 9.96. The van der Waals surface area contributed by atoms with Gasteiger partial charge in [0.25, 0.3) is 0 Å². The molecule has 1 aromatic carbocycles. The van der Waals surface area contributed by atoms with Crippen molar-refractivity contribution in [2.45, 2.75) is 59.3 Å². The number of anilines is 1. The first-order valence-corrected chi connectivity index (χ1v) is 9.96. The van der Waals surface area contributed by atoms with Crippen LogP contribution in [-0.4, -0.2) is 30.6 Å². The van der Waals surface area contributed by atoms with E-state index in [2.05, 4.69) is 17.9 Å². The molecule has 2 rings (SSSR count). The van der Waals surface area contributed by atoms with Gasteiger partial charge in [-0.25, -0.2) is 0 Å². The number of nitrogens with zero attached hydrogens (tertiary/aromatic N) is 1. The zero-order valence-corrected chi connectivity index (χ0v) is 16.8. The lowest BCUT2D eigenvalue weighted by molar-refractivity contribution is -0.122. The van der Waals surface area contributed by atoms with Gasteiger partial charge in [-0.3, -0.25) is 9.59 Å². The van der Waals surface area contributed by atoms with E-state index in [-0.39, 0.29) is 23.4 Å². The van der Waals surface area contributed by atoms with Crippen LogP contribution in [0.15, 0.2) is 18.2 Å². The van der Waals surface area contributed by atoms with Crippen molar-refractivity contribution in [2.24, 2.45) is 17.6 Å². The van der Waals surface area contributed by atoms with Crippen molar-refractivity contribution in [3.63, 3.8) is 0 Å². The lowest BCUT2D eigenvalue weighted by atomic mass is 9.89. The van der Waals surface area contributed by atoms with Crippen LogP contribution in [0.25, 0.3) is 0 Å². The number of benzene rings is 1. The van der Waals surface area contributed by atoms with Gasteiger partial charge in [-0.1, -0.05) is 19.1 Å². The van der Waals surface area contributed by atoms with Crippen LogP contribution in [0.4, 0.5) is 5.69 Å². The average Bonchev–Trinajstić information content (AvgIpc) is 2.60. The Morgan fingerprint density at radius 3 is 2.56 bits per heavy atom. The molecular weight excluding hydrogens is 340 g/mol. The smallest absolute Gasteiger partial charge is 0.220 e. The number of carbonyl (C=O) groups excluding carboxylic acids is 3. The molecule has 2 N–H and O–H groups in total. The number of ketones is 2. The Labute approximate surface area is 162 Å². The molecule has 0 radical (unpaired) electrons. The van der Waals surface area contributed by atoms with Crippen molar-refractivity contribution in [3.05, 3.63) is 29.3 Å². The first-order chi connectivity index (χ1) is 12.8. The van der Waals surface area contributed by atoms with Crippen LogP contribution in [0.1, 0.15) is 68.8 Å². The summed E-state index contributed by atoms with van der Waals surface area (Å²) in [7, 11) is 0. The topological polar surface area (TPSA) is 80.5 Å². The minimum atomic E-state index is -0.371. The van der Waals surface area contributed by atoms with E-state index < -0.39 is 0 Å². The van der Waals surface area contributed by atoms with Crippen molar-refractivity contribution < 1.29 is 14.4 Å². The fraction of sp³-hybridized carbons (Fsp3) is 0.591. The number of primary amides is 1. The van der Waals surface area contributed by atoms with Gasteiger partial charge in [-0.15, -0.1) is 0 Å². The van der Waals surface area contributed by atoms with E-state index in [0.717, 1.165) is 36.3 Å². The Balaban J connectivity index is 2.25. The standard InChI is InChI=1S/C22H32N2O3/c1-15-6-5-13-24(14-15)21-8-4-7-19(17(3)26)20(21)12-11-18(22(23)27)10-9-16(2)25/h4,7-8,15,18H,5-6,9-14H2,1-3H3,(H2,23,27). The van der Waals surface area contributed by atoms with E-state index in [1.54, 1.807) is 6.92 Å². The summed E-state index contributed by atoms with van der Waals surface area (Å²) in [5.41, 5.74) is 8.39.